The molecule has 4 heteroatoms. The lowest BCUT2D eigenvalue weighted by Crippen LogP contribution is -2.07. The summed E-state index contributed by atoms with van der Waals surface area (Å²) in [4.78, 5) is 8.17. The summed E-state index contributed by atoms with van der Waals surface area (Å²) in [6.07, 6.45) is 1.71. The van der Waals surface area contributed by atoms with Crippen LogP contribution in [0.1, 0.15) is 5.56 Å². The van der Waals surface area contributed by atoms with Crippen molar-refractivity contribution >= 4 is 11.6 Å². The highest BCUT2D eigenvalue weighted by Gasteiger charge is 2.18. The van der Waals surface area contributed by atoms with Gasteiger partial charge in [-0.2, -0.15) is 0 Å². The van der Waals surface area contributed by atoms with E-state index in [1.165, 1.54) is 0 Å². The molecule has 0 fully saturated rings. The summed E-state index contributed by atoms with van der Waals surface area (Å²) >= 11 is 5.78. The van der Waals surface area contributed by atoms with Gasteiger partial charge < -0.3 is 4.74 Å². The van der Waals surface area contributed by atoms with E-state index in [1.807, 2.05) is 24.3 Å². The summed E-state index contributed by atoms with van der Waals surface area (Å²) < 4.78 is 5.57. The molecule has 0 radical (unpaired) electrons. The van der Waals surface area contributed by atoms with Crippen molar-refractivity contribution in [3.8, 4) is 17.0 Å². The molecule has 0 N–H and O–H groups in total. The zero-order chi connectivity index (χ0) is 10.3. The molecule has 0 atom stereocenters. The van der Waals surface area contributed by atoms with Gasteiger partial charge in [-0.3, -0.25) is 0 Å². The summed E-state index contributed by atoms with van der Waals surface area (Å²) in [6, 6.07) is 7.78. The minimum absolute atomic E-state index is 0.269. The second-order valence-corrected chi connectivity index (χ2v) is 3.64. The number of rotatable bonds is 0. The number of benzene rings is 1. The van der Waals surface area contributed by atoms with Gasteiger partial charge in [0.15, 0.2) is 0 Å². The first-order chi connectivity index (χ1) is 7.34. The van der Waals surface area contributed by atoms with Crippen molar-refractivity contribution in [1.29, 1.82) is 0 Å². The van der Waals surface area contributed by atoms with Crippen LogP contribution in [0.2, 0.25) is 5.28 Å². The Labute approximate surface area is 91.7 Å². The number of aromatic nitrogens is 2. The van der Waals surface area contributed by atoms with Gasteiger partial charge in [0, 0.05) is 17.3 Å². The third-order valence-electron chi connectivity index (χ3n) is 2.36. The van der Waals surface area contributed by atoms with E-state index in [0.717, 1.165) is 22.6 Å². The van der Waals surface area contributed by atoms with Gasteiger partial charge in [0.05, 0.1) is 5.69 Å². The fourth-order valence-corrected chi connectivity index (χ4v) is 1.80. The Morgan fingerprint density at radius 1 is 1.27 bits per heavy atom. The summed E-state index contributed by atoms with van der Waals surface area (Å²) in [5.74, 6) is 0.847. The van der Waals surface area contributed by atoms with Crippen molar-refractivity contribution in [2.75, 3.05) is 0 Å². The first kappa shape index (κ1) is 8.68. The van der Waals surface area contributed by atoms with Crippen LogP contribution in [0.5, 0.6) is 5.75 Å². The molecule has 0 unspecified atom stereocenters. The highest BCUT2D eigenvalue weighted by atomic mass is 35.5. The molecular formula is C11H7ClN2O. The van der Waals surface area contributed by atoms with Crippen LogP contribution in [-0.4, -0.2) is 9.97 Å². The minimum Gasteiger partial charge on any atom is -0.488 e. The highest BCUT2D eigenvalue weighted by Crippen LogP contribution is 2.35. The molecule has 1 aliphatic rings. The van der Waals surface area contributed by atoms with Crippen LogP contribution >= 0.6 is 11.6 Å². The maximum atomic E-state index is 5.78. The molecule has 1 aromatic carbocycles. The fraction of sp³-hybridized carbons (Fsp3) is 0.0909. The lowest BCUT2D eigenvalue weighted by Gasteiger charge is -2.18. The lowest BCUT2D eigenvalue weighted by molar-refractivity contribution is 0.301. The number of halogens is 1. The molecule has 0 saturated heterocycles. The molecule has 3 rings (SSSR count). The Morgan fingerprint density at radius 3 is 3.07 bits per heavy atom. The zero-order valence-electron chi connectivity index (χ0n) is 7.77. The van der Waals surface area contributed by atoms with E-state index in [-0.39, 0.29) is 5.28 Å². The van der Waals surface area contributed by atoms with Crippen molar-refractivity contribution in [3.63, 3.8) is 0 Å². The number of hydrogen-bond acceptors (Lipinski definition) is 3. The molecule has 1 aromatic heterocycles. The largest absolute Gasteiger partial charge is 0.488 e. The molecule has 0 amide bonds. The van der Waals surface area contributed by atoms with E-state index >= 15 is 0 Å². The number of hydrogen-bond donors (Lipinski definition) is 0. The molecule has 3 nitrogen and oxygen atoms in total. The Morgan fingerprint density at radius 2 is 2.13 bits per heavy atom. The molecule has 0 aliphatic carbocycles. The van der Waals surface area contributed by atoms with E-state index in [2.05, 4.69) is 9.97 Å². The Kier molecular flexibility index (Phi) is 1.86. The van der Waals surface area contributed by atoms with Crippen molar-refractivity contribution in [1.82, 2.24) is 9.97 Å². The average molecular weight is 219 g/mol. The predicted octanol–water partition coefficient (Wildman–Crippen LogP) is 2.69. The maximum Gasteiger partial charge on any atom is 0.222 e. The second-order valence-electron chi connectivity index (χ2n) is 3.30. The monoisotopic (exact) mass is 218 g/mol. The van der Waals surface area contributed by atoms with Gasteiger partial charge in [0.25, 0.3) is 0 Å². The molecule has 15 heavy (non-hydrogen) atoms. The summed E-state index contributed by atoms with van der Waals surface area (Å²) in [7, 11) is 0. The molecule has 74 valence electrons. The summed E-state index contributed by atoms with van der Waals surface area (Å²) in [5.41, 5.74) is 2.82. The van der Waals surface area contributed by atoms with E-state index in [9.17, 15) is 0 Å². The Balaban J connectivity index is 2.28. The van der Waals surface area contributed by atoms with Crippen molar-refractivity contribution in [3.05, 3.63) is 41.3 Å². The number of ether oxygens (including phenoxy) is 1. The zero-order valence-corrected chi connectivity index (χ0v) is 8.53. The predicted molar refractivity (Wildman–Crippen MR) is 56.8 cm³/mol. The fourth-order valence-electron chi connectivity index (χ4n) is 1.67. The SMILES string of the molecule is Clc1ncc2c(n1)-c1ccccc1OC2. The second kappa shape index (κ2) is 3.21. The van der Waals surface area contributed by atoms with Crippen LogP contribution in [0, 0.1) is 0 Å². The van der Waals surface area contributed by atoms with Crippen LogP contribution in [-0.2, 0) is 6.61 Å². The van der Waals surface area contributed by atoms with E-state index in [4.69, 9.17) is 16.3 Å². The number of fused-ring (bicyclic) bond motifs is 3. The molecule has 0 saturated carbocycles. The van der Waals surface area contributed by atoms with Gasteiger partial charge in [0.1, 0.15) is 12.4 Å². The van der Waals surface area contributed by atoms with Crippen molar-refractivity contribution < 1.29 is 4.74 Å². The molecule has 0 spiro atoms. The average Bonchev–Trinajstić information content (AvgIpc) is 2.29. The van der Waals surface area contributed by atoms with Crippen LogP contribution in [0.25, 0.3) is 11.3 Å². The maximum absolute atomic E-state index is 5.78. The van der Waals surface area contributed by atoms with Gasteiger partial charge in [-0.05, 0) is 23.7 Å². The quantitative estimate of drug-likeness (QED) is 0.638. The normalized spacial score (nSPS) is 12.6. The number of nitrogens with zero attached hydrogens (tertiary/aromatic N) is 2. The summed E-state index contributed by atoms with van der Waals surface area (Å²) in [5, 5.41) is 0.269. The molecule has 2 heterocycles. The van der Waals surface area contributed by atoms with E-state index in [1.54, 1.807) is 6.20 Å². The van der Waals surface area contributed by atoms with Crippen LogP contribution in [0.4, 0.5) is 0 Å². The highest BCUT2D eigenvalue weighted by molar-refractivity contribution is 6.28. The third kappa shape index (κ3) is 1.36. The molecule has 2 aromatic rings. The minimum atomic E-state index is 0.269. The lowest BCUT2D eigenvalue weighted by atomic mass is 10.0. The topological polar surface area (TPSA) is 35.0 Å². The Bertz CT molecular complexity index is 528. The molecule has 0 bridgehead atoms. The van der Waals surface area contributed by atoms with Crippen LogP contribution in [0.15, 0.2) is 30.5 Å². The third-order valence-corrected chi connectivity index (χ3v) is 2.54. The Hall–Kier alpha value is -1.61. The van der Waals surface area contributed by atoms with Gasteiger partial charge >= 0.3 is 0 Å². The van der Waals surface area contributed by atoms with Gasteiger partial charge in [-0.1, -0.05) is 12.1 Å². The first-order valence-corrected chi connectivity index (χ1v) is 4.96. The molecular weight excluding hydrogens is 212 g/mol. The van der Waals surface area contributed by atoms with Crippen LogP contribution in [0.3, 0.4) is 0 Å². The van der Waals surface area contributed by atoms with Gasteiger partial charge in [0.2, 0.25) is 5.28 Å². The van der Waals surface area contributed by atoms with Crippen molar-refractivity contribution in [2.24, 2.45) is 0 Å². The van der Waals surface area contributed by atoms with Crippen LogP contribution < -0.4 is 4.74 Å². The smallest absolute Gasteiger partial charge is 0.222 e. The van der Waals surface area contributed by atoms with E-state index < -0.39 is 0 Å². The van der Waals surface area contributed by atoms with Gasteiger partial charge in [-0.15, -0.1) is 0 Å². The number of para-hydroxylation sites is 1. The van der Waals surface area contributed by atoms with E-state index in [0.29, 0.717) is 6.61 Å². The summed E-state index contributed by atoms with van der Waals surface area (Å²) in [6.45, 7) is 0.503. The van der Waals surface area contributed by atoms with Gasteiger partial charge in [-0.25, -0.2) is 9.97 Å². The molecule has 1 aliphatic heterocycles. The first-order valence-electron chi connectivity index (χ1n) is 4.58. The standard InChI is InChI=1S/C11H7ClN2O/c12-11-13-5-7-6-15-9-4-2-1-3-8(9)10(7)14-11/h1-5H,6H2. The van der Waals surface area contributed by atoms with Crippen molar-refractivity contribution in [2.45, 2.75) is 6.61 Å².